The van der Waals surface area contributed by atoms with Gasteiger partial charge in [-0.05, 0) is 32.1 Å². The van der Waals surface area contributed by atoms with Gasteiger partial charge in [0.05, 0.1) is 0 Å². The summed E-state index contributed by atoms with van der Waals surface area (Å²) in [5.41, 5.74) is 0.653. The van der Waals surface area contributed by atoms with Crippen molar-refractivity contribution >= 4 is 0 Å². The van der Waals surface area contributed by atoms with Crippen LogP contribution in [-0.4, -0.2) is 36.1 Å². The SMILES string of the molecule is CCC(C)C(C)(C)CN1CCNC(C)(C)C1C. The summed E-state index contributed by atoms with van der Waals surface area (Å²) in [6.45, 7) is 20.0. The Morgan fingerprint density at radius 3 is 2.53 bits per heavy atom. The van der Waals surface area contributed by atoms with Gasteiger partial charge >= 0.3 is 0 Å². The standard InChI is InChI=1S/C15H32N2/c1-8-12(2)14(4,5)11-17-10-9-16-15(6,7)13(17)3/h12-13,16H,8-11H2,1-7H3. The van der Waals surface area contributed by atoms with E-state index in [1.807, 2.05) is 0 Å². The smallest absolute Gasteiger partial charge is 0.0278 e. The molecule has 0 aliphatic carbocycles. The minimum absolute atomic E-state index is 0.240. The summed E-state index contributed by atoms with van der Waals surface area (Å²) in [6, 6.07) is 0.611. The molecule has 0 aromatic heterocycles. The predicted octanol–water partition coefficient (Wildman–Crippen LogP) is 3.13. The fraction of sp³-hybridized carbons (Fsp3) is 1.00. The molecule has 2 heteroatoms. The lowest BCUT2D eigenvalue weighted by Gasteiger charge is -2.49. The van der Waals surface area contributed by atoms with Crippen molar-refractivity contribution in [3.63, 3.8) is 0 Å². The Labute approximate surface area is 108 Å². The van der Waals surface area contributed by atoms with E-state index in [9.17, 15) is 0 Å². The minimum Gasteiger partial charge on any atom is -0.309 e. The van der Waals surface area contributed by atoms with Crippen molar-refractivity contribution in [2.24, 2.45) is 11.3 Å². The molecular formula is C15H32N2. The van der Waals surface area contributed by atoms with Crippen molar-refractivity contribution in [1.82, 2.24) is 10.2 Å². The second kappa shape index (κ2) is 5.27. The first-order valence-electron chi connectivity index (χ1n) is 7.20. The summed E-state index contributed by atoms with van der Waals surface area (Å²) >= 11 is 0. The number of piperazine rings is 1. The number of nitrogens with one attached hydrogen (secondary N) is 1. The van der Waals surface area contributed by atoms with E-state index in [1.165, 1.54) is 19.5 Å². The lowest BCUT2D eigenvalue weighted by molar-refractivity contribution is 0.0350. The van der Waals surface area contributed by atoms with Gasteiger partial charge in [0.15, 0.2) is 0 Å². The van der Waals surface area contributed by atoms with E-state index >= 15 is 0 Å². The molecule has 1 aliphatic rings. The van der Waals surface area contributed by atoms with Gasteiger partial charge < -0.3 is 5.32 Å². The molecule has 1 N–H and O–H groups in total. The van der Waals surface area contributed by atoms with E-state index in [4.69, 9.17) is 0 Å². The zero-order chi connectivity index (χ0) is 13.3. The van der Waals surface area contributed by atoms with Crippen LogP contribution >= 0.6 is 0 Å². The van der Waals surface area contributed by atoms with Crippen LogP contribution in [0.2, 0.25) is 0 Å². The van der Waals surface area contributed by atoms with Crippen molar-refractivity contribution in [3.05, 3.63) is 0 Å². The van der Waals surface area contributed by atoms with Gasteiger partial charge in [0.2, 0.25) is 0 Å². The van der Waals surface area contributed by atoms with Crippen LogP contribution in [0.5, 0.6) is 0 Å². The first-order valence-corrected chi connectivity index (χ1v) is 7.20. The van der Waals surface area contributed by atoms with E-state index in [-0.39, 0.29) is 5.54 Å². The van der Waals surface area contributed by atoms with E-state index in [0.717, 1.165) is 12.5 Å². The van der Waals surface area contributed by atoms with E-state index in [0.29, 0.717) is 11.5 Å². The van der Waals surface area contributed by atoms with Crippen molar-refractivity contribution < 1.29 is 0 Å². The maximum atomic E-state index is 3.63. The van der Waals surface area contributed by atoms with Crippen LogP contribution in [0.25, 0.3) is 0 Å². The summed E-state index contributed by atoms with van der Waals surface area (Å²) in [5.74, 6) is 0.785. The molecule has 0 aromatic rings. The third-order valence-corrected chi connectivity index (χ3v) is 5.13. The Bertz CT molecular complexity index is 245. The second-order valence-electron chi connectivity index (χ2n) is 7.09. The Hall–Kier alpha value is -0.0800. The topological polar surface area (TPSA) is 15.3 Å². The number of rotatable bonds is 4. The van der Waals surface area contributed by atoms with Crippen molar-refractivity contribution in [1.29, 1.82) is 0 Å². The summed E-state index contributed by atoms with van der Waals surface area (Å²) < 4.78 is 0. The van der Waals surface area contributed by atoms with Gasteiger partial charge in [-0.3, -0.25) is 4.90 Å². The summed E-state index contributed by atoms with van der Waals surface area (Å²) in [6.07, 6.45) is 1.27. The molecule has 1 heterocycles. The quantitative estimate of drug-likeness (QED) is 0.812. The molecule has 1 saturated heterocycles. The molecule has 102 valence electrons. The Morgan fingerprint density at radius 1 is 1.41 bits per heavy atom. The molecule has 0 bridgehead atoms. The van der Waals surface area contributed by atoms with Gasteiger partial charge in [-0.2, -0.15) is 0 Å². The molecule has 0 radical (unpaired) electrons. The molecule has 1 rings (SSSR count). The van der Waals surface area contributed by atoms with Crippen LogP contribution in [0.4, 0.5) is 0 Å². The van der Waals surface area contributed by atoms with Gasteiger partial charge in [-0.15, -0.1) is 0 Å². The monoisotopic (exact) mass is 240 g/mol. The molecule has 2 unspecified atom stereocenters. The molecule has 0 aromatic carbocycles. The first-order chi connectivity index (χ1) is 7.70. The van der Waals surface area contributed by atoms with Crippen molar-refractivity contribution in [2.75, 3.05) is 19.6 Å². The highest BCUT2D eigenvalue weighted by Crippen LogP contribution is 2.32. The maximum absolute atomic E-state index is 3.63. The highest BCUT2D eigenvalue weighted by Gasteiger charge is 2.37. The fourth-order valence-corrected chi connectivity index (χ4v) is 2.77. The van der Waals surface area contributed by atoms with Gasteiger partial charge in [0.1, 0.15) is 0 Å². The van der Waals surface area contributed by atoms with E-state index in [1.54, 1.807) is 0 Å². The summed E-state index contributed by atoms with van der Waals surface area (Å²) in [7, 11) is 0. The van der Waals surface area contributed by atoms with Crippen LogP contribution < -0.4 is 5.32 Å². The molecule has 1 fully saturated rings. The molecule has 2 nitrogen and oxygen atoms in total. The second-order valence-corrected chi connectivity index (χ2v) is 7.09. The Morgan fingerprint density at radius 2 is 2.00 bits per heavy atom. The molecule has 0 amide bonds. The molecular weight excluding hydrogens is 208 g/mol. The average Bonchev–Trinajstić information content (AvgIpc) is 2.23. The van der Waals surface area contributed by atoms with Crippen LogP contribution in [0, 0.1) is 11.3 Å². The fourth-order valence-electron chi connectivity index (χ4n) is 2.77. The molecule has 0 saturated carbocycles. The van der Waals surface area contributed by atoms with Crippen LogP contribution in [0.3, 0.4) is 0 Å². The molecule has 0 spiro atoms. The van der Waals surface area contributed by atoms with E-state index < -0.39 is 0 Å². The third kappa shape index (κ3) is 3.45. The Kier molecular flexibility index (Phi) is 4.65. The van der Waals surface area contributed by atoms with Crippen LogP contribution in [0.1, 0.15) is 54.9 Å². The maximum Gasteiger partial charge on any atom is 0.0278 e. The number of hydrogen-bond donors (Lipinski definition) is 1. The average molecular weight is 240 g/mol. The van der Waals surface area contributed by atoms with Crippen LogP contribution in [0.15, 0.2) is 0 Å². The van der Waals surface area contributed by atoms with Gasteiger partial charge in [-0.1, -0.05) is 34.1 Å². The molecule has 1 aliphatic heterocycles. The van der Waals surface area contributed by atoms with E-state index in [2.05, 4.69) is 58.7 Å². The number of nitrogens with zero attached hydrogens (tertiary/aromatic N) is 1. The Balaban J connectivity index is 2.68. The zero-order valence-electron chi connectivity index (χ0n) is 12.9. The highest BCUT2D eigenvalue weighted by molar-refractivity contribution is 4.96. The summed E-state index contributed by atoms with van der Waals surface area (Å²) in [4.78, 5) is 2.67. The van der Waals surface area contributed by atoms with Gasteiger partial charge in [-0.25, -0.2) is 0 Å². The van der Waals surface area contributed by atoms with Crippen molar-refractivity contribution in [2.45, 2.75) is 66.5 Å². The van der Waals surface area contributed by atoms with Gasteiger partial charge in [0, 0.05) is 31.2 Å². The number of hydrogen-bond acceptors (Lipinski definition) is 2. The molecule has 2 atom stereocenters. The highest BCUT2D eigenvalue weighted by atomic mass is 15.3. The largest absolute Gasteiger partial charge is 0.309 e. The zero-order valence-corrected chi connectivity index (χ0v) is 12.9. The lowest BCUT2D eigenvalue weighted by Crippen LogP contribution is -2.64. The van der Waals surface area contributed by atoms with Crippen molar-refractivity contribution in [3.8, 4) is 0 Å². The predicted molar refractivity (Wildman–Crippen MR) is 76.4 cm³/mol. The normalized spacial score (nSPS) is 28.1. The first kappa shape index (κ1) is 15.0. The minimum atomic E-state index is 0.240. The third-order valence-electron chi connectivity index (χ3n) is 5.13. The molecule has 17 heavy (non-hydrogen) atoms. The van der Waals surface area contributed by atoms with Crippen LogP contribution in [-0.2, 0) is 0 Å². The summed E-state index contributed by atoms with van der Waals surface area (Å²) in [5, 5.41) is 3.63. The van der Waals surface area contributed by atoms with Gasteiger partial charge in [0.25, 0.3) is 0 Å². The lowest BCUT2D eigenvalue weighted by atomic mass is 9.77.